The van der Waals surface area contributed by atoms with E-state index in [1.807, 2.05) is 0 Å². The third kappa shape index (κ3) is 5.65. The van der Waals surface area contributed by atoms with E-state index in [1.165, 1.54) is 44.8 Å². The minimum absolute atomic E-state index is 0.0144. The summed E-state index contributed by atoms with van der Waals surface area (Å²) in [5.74, 6) is -0.498. The Balaban J connectivity index is 1.64. The Morgan fingerprint density at radius 3 is 2.24 bits per heavy atom. The van der Waals surface area contributed by atoms with Crippen LogP contribution >= 0.6 is 0 Å². The highest BCUT2D eigenvalue weighted by Crippen LogP contribution is 2.31. The van der Waals surface area contributed by atoms with Gasteiger partial charge in [0.15, 0.2) is 6.61 Å². The number of rotatable bonds is 8. The summed E-state index contributed by atoms with van der Waals surface area (Å²) in [6, 6.07) is 12.4. The fourth-order valence-corrected chi connectivity index (χ4v) is 5.13. The minimum Gasteiger partial charge on any atom is -0.495 e. The number of para-hydroxylation sites is 2. The summed E-state index contributed by atoms with van der Waals surface area (Å²) in [5.41, 5.74) is 0.561. The number of carbonyl (C=O) groups excluding carboxylic acids is 2. The fraction of sp³-hybridized carbons (Fsp3) is 0.417. The van der Waals surface area contributed by atoms with Gasteiger partial charge in [-0.1, -0.05) is 31.4 Å². The second-order valence-corrected chi connectivity index (χ2v) is 10.0. The van der Waals surface area contributed by atoms with Crippen LogP contribution in [0.1, 0.15) is 42.5 Å². The average Bonchev–Trinajstić information content (AvgIpc) is 2.86. The molecule has 0 spiro atoms. The Hall–Kier alpha value is -3.07. The van der Waals surface area contributed by atoms with E-state index >= 15 is 0 Å². The maximum absolute atomic E-state index is 13.0. The standard InChI is InChI=1S/C24H30N2O6S/c1-25(19-9-5-4-6-10-19)23(27)17-32-24(28)18-13-15-20(16-14-18)33(29,30)26(2)21-11-7-8-12-22(21)31-3/h7-8,11-16,19H,4-6,9-10,17H2,1-3H3. The molecule has 3 rings (SSSR count). The van der Waals surface area contributed by atoms with Crippen LogP contribution in [0.25, 0.3) is 0 Å². The number of hydrogen-bond acceptors (Lipinski definition) is 6. The molecule has 1 amide bonds. The number of esters is 1. The van der Waals surface area contributed by atoms with E-state index in [0.29, 0.717) is 11.4 Å². The maximum atomic E-state index is 13.0. The first-order chi connectivity index (χ1) is 15.8. The monoisotopic (exact) mass is 474 g/mol. The summed E-state index contributed by atoms with van der Waals surface area (Å²) in [6.45, 7) is -0.345. The topological polar surface area (TPSA) is 93.2 Å². The van der Waals surface area contributed by atoms with Crippen molar-refractivity contribution in [2.24, 2.45) is 0 Å². The summed E-state index contributed by atoms with van der Waals surface area (Å²) in [6.07, 6.45) is 5.33. The number of likely N-dealkylation sites (N-methyl/N-ethyl adjacent to an activating group) is 1. The van der Waals surface area contributed by atoms with Crippen LogP contribution in [0.15, 0.2) is 53.4 Å². The molecule has 0 heterocycles. The predicted octanol–water partition coefficient (Wildman–Crippen LogP) is 3.47. The lowest BCUT2D eigenvalue weighted by Gasteiger charge is -2.31. The highest BCUT2D eigenvalue weighted by molar-refractivity contribution is 7.92. The quantitative estimate of drug-likeness (QED) is 0.544. The molecule has 33 heavy (non-hydrogen) atoms. The highest BCUT2D eigenvalue weighted by atomic mass is 32.2. The second-order valence-electron chi connectivity index (χ2n) is 8.04. The molecular formula is C24H30N2O6S. The minimum atomic E-state index is -3.88. The predicted molar refractivity (Wildman–Crippen MR) is 125 cm³/mol. The lowest BCUT2D eigenvalue weighted by Crippen LogP contribution is -2.40. The van der Waals surface area contributed by atoms with Crippen LogP contribution in [-0.2, 0) is 19.6 Å². The Morgan fingerprint density at radius 2 is 1.61 bits per heavy atom. The van der Waals surface area contributed by atoms with Crippen molar-refractivity contribution in [3.8, 4) is 5.75 Å². The molecule has 1 aliphatic rings. The molecule has 1 aliphatic carbocycles. The van der Waals surface area contributed by atoms with E-state index in [4.69, 9.17) is 9.47 Å². The van der Waals surface area contributed by atoms with E-state index < -0.39 is 16.0 Å². The van der Waals surface area contributed by atoms with Gasteiger partial charge in [0.1, 0.15) is 5.75 Å². The smallest absolute Gasteiger partial charge is 0.338 e. The first-order valence-electron chi connectivity index (χ1n) is 10.9. The van der Waals surface area contributed by atoms with Crippen LogP contribution < -0.4 is 9.04 Å². The van der Waals surface area contributed by atoms with Gasteiger partial charge in [-0.2, -0.15) is 0 Å². The Morgan fingerprint density at radius 1 is 0.970 bits per heavy atom. The van der Waals surface area contributed by atoms with Crippen molar-refractivity contribution in [1.82, 2.24) is 4.90 Å². The normalized spacial score (nSPS) is 14.4. The molecule has 2 aromatic rings. The fourth-order valence-electron chi connectivity index (χ4n) is 3.92. The molecule has 0 aromatic heterocycles. The summed E-state index contributed by atoms with van der Waals surface area (Å²) in [7, 11) is 0.768. The van der Waals surface area contributed by atoms with Crippen molar-refractivity contribution in [2.45, 2.75) is 43.0 Å². The zero-order chi connectivity index (χ0) is 24.0. The average molecular weight is 475 g/mol. The number of methoxy groups -OCH3 is 1. The molecule has 178 valence electrons. The number of anilines is 1. The SMILES string of the molecule is COc1ccccc1N(C)S(=O)(=O)c1ccc(C(=O)OCC(=O)N(C)C2CCCCC2)cc1. The van der Waals surface area contributed by atoms with Crippen LogP contribution in [0.2, 0.25) is 0 Å². The lowest BCUT2D eigenvalue weighted by molar-refractivity contribution is -0.135. The summed E-state index contributed by atoms with van der Waals surface area (Å²) >= 11 is 0. The number of benzene rings is 2. The zero-order valence-electron chi connectivity index (χ0n) is 19.2. The Bertz CT molecular complexity index is 1080. The molecule has 0 bridgehead atoms. The van der Waals surface area contributed by atoms with Crippen molar-refractivity contribution < 1.29 is 27.5 Å². The van der Waals surface area contributed by atoms with Crippen molar-refractivity contribution in [2.75, 3.05) is 32.1 Å². The molecule has 0 unspecified atom stereocenters. The summed E-state index contributed by atoms with van der Waals surface area (Å²) in [5, 5.41) is 0. The first kappa shape index (κ1) is 24.6. The zero-order valence-corrected chi connectivity index (χ0v) is 20.0. The number of ether oxygens (including phenoxy) is 2. The molecule has 0 N–H and O–H groups in total. The largest absolute Gasteiger partial charge is 0.495 e. The number of nitrogens with zero attached hydrogens (tertiary/aromatic N) is 2. The lowest BCUT2D eigenvalue weighted by atomic mass is 9.94. The van der Waals surface area contributed by atoms with E-state index in [1.54, 1.807) is 36.2 Å². The van der Waals surface area contributed by atoms with Gasteiger partial charge >= 0.3 is 5.97 Å². The first-order valence-corrected chi connectivity index (χ1v) is 12.3. The van der Waals surface area contributed by atoms with Gasteiger partial charge < -0.3 is 14.4 Å². The van der Waals surface area contributed by atoms with E-state index in [0.717, 1.165) is 30.0 Å². The van der Waals surface area contributed by atoms with Gasteiger partial charge in [0, 0.05) is 20.1 Å². The Kier molecular flexibility index (Phi) is 7.97. The van der Waals surface area contributed by atoms with Gasteiger partial charge in [0.05, 0.1) is 23.3 Å². The molecule has 0 saturated heterocycles. The summed E-state index contributed by atoms with van der Waals surface area (Å²) < 4.78 is 37.6. The van der Waals surface area contributed by atoms with Crippen molar-refractivity contribution in [3.05, 3.63) is 54.1 Å². The third-order valence-electron chi connectivity index (χ3n) is 6.02. The number of carbonyl (C=O) groups is 2. The van der Waals surface area contributed by atoms with E-state index in [-0.39, 0.29) is 29.0 Å². The molecule has 0 atom stereocenters. The van der Waals surface area contributed by atoms with E-state index in [2.05, 4.69) is 0 Å². The van der Waals surface area contributed by atoms with Crippen LogP contribution in [0.3, 0.4) is 0 Å². The van der Waals surface area contributed by atoms with Gasteiger partial charge in [-0.25, -0.2) is 13.2 Å². The molecule has 9 heteroatoms. The molecule has 8 nitrogen and oxygen atoms in total. The van der Waals surface area contributed by atoms with Crippen LogP contribution in [0.5, 0.6) is 5.75 Å². The van der Waals surface area contributed by atoms with Crippen molar-refractivity contribution in [3.63, 3.8) is 0 Å². The molecule has 0 aliphatic heterocycles. The van der Waals surface area contributed by atoms with Crippen LogP contribution in [0.4, 0.5) is 5.69 Å². The summed E-state index contributed by atoms with van der Waals surface area (Å²) in [4.78, 5) is 26.4. The Labute approximate surface area is 195 Å². The van der Waals surface area contributed by atoms with Gasteiger partial charge in [-0.15, -0.1) is 0 Å². The highest BCUT2D eigenvalue weighted by Gasteiger charge is 2.25. The maximum Gasteiger partial charge on any atom is 0.338 e. The van der Waals surface area contributed by atoms with Gasteiger partial charge in [-0.3, -0.25) is 9.10 Å². The molecule has 0 radical (unpaired) electrons. The van der Waals surface area contributed by atoms with Crippen LogP contribution in [-0.4, -0.2) is 59.0 Å². The molecule has 1 fully saturated rings. The van der Waals surface area contributed by atoms with Gasteiger partial charge in [0.2, 0.25) is 0 Å². The number of amides is 1. The van der Waals surface area contributed by atoms with Gasteiger partial charge in [0.25, 0.3) is 15.9 Å². The molecule has 1 saturated carbocycles. The third-order valence-corrected chi connectivity index (χ3v) is 7.80. The van der Waals surface area contributed by atoms with Crippen molar-refractivity contribution >= 4 is 27.6 Å². The second kappa shape index (κ2) is 10.7. The van der Waals surface area contributed by atoms with E-state index in [9.17, 15) is 18.0 Å². The van der Waals surface area contributed by atoms with Crippen molar-refractivity contribution in [1.29, 1.82) is 0 Å². The number of hydrogen-bond donors (Lipinski definition) is 0. The van der Waals surface area contributed by atoms with Gasteiger partial charge in [-0.05, 0) is 49.2 Å². The number of sulfonamides is 1. The molecule has 2 aromatic carbocycles. The van der Waals surface area contributed by atoms with Crippen LogP contribution in [0, 0.1) is 0 Å². The molecular weight excluding hydrogens is 444 g/mol.